The van der Waals surface area contributed by atoms with E-state index < -0.39 is 0 Å². The molecule has 17 heavy (non-hydrogen) atoms. The molecule has 5 heteroatoms. The van der Waals surface area contributed by atoms with Crippen molar-refractivity contribution in [1.29, 1.82) is 0 Å². The minimum atomic E-state index is -0.379. The summed E-state index contributed by atoms with van der Waals surface area (Å²) in [5.41, 5.74) is 0.600. The van der Waals surface area contributed by atoms with Gasteiger partial charge in [0.05, 0.1) is 4.47 Å². The quantitative estimate of drug-likeness (QED) is 0.760. The fourth-order valence-electron chi connectivity index (χ4n) is 1.41. The van der Waals surface area contributed by atoms with Crippen LogP contribution in [-0.4, -0.2) is 5.78 Å². The molecular formula is C12H7Br2FO2. The standard InChI is InChI=1S/C12H7Br2FO2/c13-11-5-4-10(17-11)9(16)6-7-2-1-3-8(15)12(7)14/h1-5H,6H2. The molecule has 0 radical (unpaired) electrons. The lowest BCUT2D eigenvalue weighted by molar-refractivity contribution is 0.0965. The summed E-state index contributed by atoms with van der Waals surface area (Å²) in [5.74, 6) is -0.314. The van der Waals surface area contributed by atoms with E-state index in [1.165, 1.54) is 6.07 Å². The summed E-state index contributed by atoms with van der Waals surface area (Å²) in [6.07, 6.45) is 0.0955. The zero-order valence-electron chi connectivity index (χ0n) is 8.54. The number of furan rings is 1. The molecule has 2 rings (SSSR count). The molecule has 1 heterocycles. The van der Waals surface area contributed by atoms with Crippen LogP contribution in [-0.2, 0) is 6.42 Å². The second-order valence-electron chi connectivity index (χ2n) is 3.42. The molecule has 2 aromatic rings. The molecule has 0 saturated heterocycles. The number of rotatable bonds is 3. The number of halogens is 3. The second-order valence-corrected chi connectivity index (χ2v) is 4.99. The van der Waals surface area contributed by atoms with Gasteiger partial charge in [-0.2, -0.15) is 0 Å². The van der Waals surface area contributed by atoms with Crippen LogP contribution < -0.4 is 0 Å². The van der Waals surface area contributed by atoms with Gasteiger partial charge in [0, 0.05) is 6.42 Å². The lowest BCUT2D eigenvalue weighted by Gasteiger charge is -2.03. The summed E-state index contributed by atoms with van der Waals surface area (Å²) in [4.78, 5) is 11.8. The van der Waals surface area contributed by atoms with Crippen LogP contribution in [0.1, 0.15) is 16.1 Å². The topological polar surface area (TPSA) is 30.2 Å². The highest BCUT2D eigenvalue weighted by Gasteiger charge is 2.14. The number of carbonyl (C=O) groups is 1. The molecule has 0 bridgehead atoms. The van der Waals surface area contributed by atoms with Gasteiger partial charge >= 0.3 is 0 Å². The molecule has 88 valence electrons. The van der Waals surface area contributed by atoms with E-state index in [1.54, 1.807) is 24.3 Å². The summed E-state index contributed by atoms with van der Waals surface area (Å²) in [6, 6.07) is 7.83. The molecule has 0 N–H and O–H groups in total. The Hall–Kier alpha value is -0.940. The van der Waals surface area contributed by atoms with Crippen molar-refractivity contribution >= 4 is 37.6 Å². The van der Waals surface area contributed by atoms with Gasteiger partial charge in [-0.3, -0.25) is 4.79 Å². The second kappa shape index (κ2) is 5.14. The molecule has 0 spiro atoms. The van der Waals surface area contributed by atoms with E-state index in [0.29, 0.717) is 14.7 Å². The summed E-state index contributed by atoms with van der Waals surface area (Å²) < 4.78 is 19.2. The Balaban J connectivity index is 2.21. The Labute approximate surface area is 114 Å². The molecule has 0 unspecified atom stereocenters. The summed E-state index contributed by atoms with van der Waals surface area (Å²) in [6.45, 7) is 0. The molecule has 0 saturated carbocycles. The van der Waals surface area contributed by atoms with E-state index in [4.69, 9.17) is 4.42 Å². The molecular weight excluding hydrogens is 355 g/mol. The first-order valence-electron chi connectivity index (χ1n) is 4.79. The van der Waals surface area contributed by atoms with Gasteiger partial charge in [0.15, 0.2) is 10.4 Å². The summed E-state index contributed by atoms with van der Waals surface area (Å²) in [5, 5.41) is 0. The zero-order chi connectivity index (χ0) is 12.4. The van der Waals surface area contributed by atoms with Gasteiger partial charge in [-0.05, 0) is 55.6 Å². The van der Waals surface area contributed by atoms with Crippen LogP contribution in [0.25, 0.3) is 0 Å². The first-order chi connectivity index (χ1) is 8.08. The van der Waals surface area contributed by atoms with Gasteiger partial charge in [-0.25, -0.2) is 4.39 Å². The lowest BCUT2D eigenvalue weighted by Crippen LogP contribution is -2.03. The van der Waals surface area contributed by atoms with Crippen molar-refractivity contribution in [1.82, 2.24) is 0 Å². The van der Waals surface area contributed by atoms with Crippen molar-refractivity contribution in [3.05, 3.63) is 56.6 Å². The Bertz CT molecular complexity index is 563. The number of hydrogen-bond donors (Lipinski definition) is 0. The van der Waals surface area contributed by atoms with E-state index >= 15 is 0 Å². The van der Waals surface area contributed by atoms with Crippen molar-refractivity contribution in [3.63, 3.8) is 0 Å². The normalized spacial score (nSPS) is 10.5. The number of carbonyl (C=O) groups excluding carboxylic acids is 1. The highest BCUT2D eigenvalue weighted by molar-refractivity contribution is 9.10. The average molecular weight is 362 g/mol. The molecule has 0 atom stereocenters. The Kier molecular flexibility index (Phi) is 3.79. The summed E-state index contributed by atoms with van der Waals surface area (Å²) >= 11 is 6.24. The largest absolute Gasteiger partial charge is 0.446 e. The van der Waals surface area contributed by atoms with Crippen molar-refractivity contribution in [2.75, 3.05) is 0 Å². The smallest absolute Gasteiger partial charge is 0.202 e. The van der Waals surface area contributed by atoms with E-state index in [1.807, 2.05) is 0 Å². The summed E-state index contributed by atoms with van der Waals surface area (Å²) in [7, 11) is 0. The fourth-order valence-corrected chi connectivity index (χ4v) is 2.12. The molecule has 0 aliphatic carbocycles. The third-order valence-electron chi connectivity index (χ3n) is 2.23. The zero-order valence-corrected chi connectivity index (χ0v) is 11.7. The van der Waals surface area contributed by atoms with Crippen molar-refractivity contribution < 1.29 is 13.6 Å². The van der Waals surface area contributed by atoms with Gasteiger partial charge < -0.3 is 4.42 Å². The van der Waals surface area contributed by atoms with Gasteiger partial charge in [0.2, 0.25) is 5.78 Å². The van der Waals surface area contributed by atoms with Crippen LogP contribution in [0, 0.1) is 5.82 Å². The monoisotopic (exact) mass is 360 g/mol. The van der Waals surface area contributed by atoms with Crippen molar-refractivity contribution in [3.8, 4) is 0 Å². The number of benzene rings is 1. The van der Waals surface area contributed by atoms with Gasteiger partial charge in [0.1, 0.15) is 5.82 Å². The van der Waals surface area contributed by atoms with E-state index in [0.717, 1.165) is 0 Å². The van der Waals surface area contributed by atoms with Crippen molar-refractivity contribution in [2.45, 2.75) is 6.42 Å². The molecule has 0 fully saturated rings. The van der Waals surface area contributed by atoms with Gasteiger partial charge in [-0.1, -0.05) is 12.1 Å². The van der Waals surface area contributed by atoms with Crippen LogP contribution in [0.4, 0.5) is 4.39 Å². The third-order valence-corrected chi connectivity index (χ3v) is 3.54. The maximum Gasteiger partial charge on any atom is 0.202 e. The molecule has 2 nitrogen and oxygen atoms in total. The molecule has 0 aliphatic rings. The average Bonchev–Trinajstić information content (AvgIpc) is 2.72. The minimum Gasteiger partial charge on any atom is -0.446 e. The Morgan fingerprint density at radius 1 is 1.24 bits per heavy atom. The fraction of sp³-hybridized carbons (Fsp3) is 0.0833. The predicted molar refractivity (Wildman–Crippen MR) is 68.5 cm³/mol. The predicted octanol–water partition coefficient (Wildman–Crippen LogP) is 4.37. The lowest BCUT2D eigenvalue weighted by atomic mass is 10.1. The van der Waals surface area contributed by atoms with Gasteiger partial charge in [-0.15, -0.1) is 0 Å². The SMILES string of the molecule is O=C(Cc1cccc(F)c1Br)c1ccc(Br)o1. The van der Waals surface area contributed by atoms with Crippen LogP contribution in [0.2, 0.25) is 0 Å². The number of ketones is 1. The Morgan fingerprint density at radius 2 is 2.00 bits per heavy atom. The molecule has 0 aliphatic heterocycles. The van der Waals surface area contributed by atoms with Crippen LogP contribution >= 0.6 is 31.9 Å². The highest BCUT2D eigenvalue weighted by atomic mass is 79.9. The van der Waals surface area contributed by atoms with Crippen LogP contribution in [0.15, 0.2) is 43.9 Å². The Morgan fingerprint density at radius 3 is 2.65 bits per heavy atom. The maximum absolute atomic E-state index is 13.2. The third kappa shape index (κ3) is 2.84. The molecule has 1 aromatic carbocycles. The maximum atomic E-state index is 13.2. The van der Waals surface area contributed by atoms with Crippen LogP contribution in [0.5, 0.6) is 0 Å². The van der Waals surface area contributed by atoms with E-state index in [2.05, 4.69) is 31.9 Å². The minimum absolute atomic E-state index is 0.0955. The highest BCUT2D eigenvalue weighted by Crippen LogP contribution is 2.23. The van der Waals surface area contributed by atoms with E-state index in [-0.39, 0.29) is 23.8 Å². The number of hydrogen-bond acceptors (Lipinski definition) is 2. The number of Topliss-reactive ketones (excluding diaryl/α,β-unsaturated/α-hetero) is 1. The van der Waals surface area contributed by atoms with Crippen molar-refractivity contribution in [2.24, 2.45) is 0 Å². The first kappa shape index (κ1) is 12.5. The molecule has 1 aromatic heterocycles. The first-order valence-corrected chi connectivity index (χ1v) is 6.38. The van der Waals surface area contributed by atoms with Crippen LogP contribution in [0.3, 0.4) is 0 Å². The molecule has 0 amide bonds. The van der Waals surface area contributed by atoms with E-state index in [9.17, 15) is 9.18 Å². The van der Waals surface area contributed by atoms with Gasteiger partial charge in [0.25, 0.3) is 0 Å².